The number of ether oxygens (including phenoxy) is 1. The van der Waals surface area contributed by atoms with Crippen molar-refractivity contribution in [2.75, 3.05) is 20.3 Å². The van der Waals surface area contributed by atoms with Crippen molar-refractivity contribution in [1.29, 1.82) is 0 Å². The van der Waals surface area contributed by atoms with Crippen LogP contribution in [0.15, 0.2) is 18.2 Å². The quantitative estimate of drug-likeness (QED) is 0.825. The molecule has 112 valence electrons. The number of aryl methyl sites for hydroxylation is 3. The Hall–Kier alpha value is -1.85. The highest BCUT2D eigenvalue weighted by atomic mass is 16.5. The fraction of sp³-hybridized carbons (Fsp3) is 0.438. The van der Waals surface area contributed by atoms with Crippen LogP contribution in [0.3, 0.4) is 0 Å². The lowest BCUT2D eigenvalue weighted by Crippen LogP contribution is -2.20. The Kier molecular flexibility index (Phi) is 5.36. The average molecular weight is 286 g/mol. The number of nitrogens with zero attached hydrogens (tertiary/aromatic N) is 3. The van der Waals surface area contributed by atoms with Gasteiger partial charge >= 0.3 is 0 Å². The van der Waals surface area contributed by atoms with Crippen LogP contribution in [-0.4, -0.2) is 35.2 Å². The molecule has 0 atom stereocenters. The van der Waals surface area contributed by atoms with Crippen molar-refractivity contribution in [1.82, 2.24) is 20.3 Å². The van der Waals surface area contributed by atoms with E-state index in [0.29, 0.717) is 12.4 Å². The van der Waals surface area contributed by atoms with Crippen LogP contribution >= 0.6 is 0 Å². The first-order valence-electron chi connectivity index (χ1n) is 7.09. The van der Waals surface area contributed by atoms with Gasteiger partial charge in [0.05, 0.1) is 6.61 Å². The zero-order valence-corrected chi connectivity index (χ0v) is 13.1. The zero-order chi connectivity index (χ0) is 15.2. The fourth-order valence-electron chi connectivity index (χ4n) is 2.17. The maximum Gasteiger partial charge on any atom is 0.178 e. The number of aromatic nitrogens is 3. The third-order valence-corrected chi connectivity index (χ3v) is 3.32. The van der Waals surface area contributed by atoms with Gasteiger partial charge in [0.2, 0.25) is 0 Å². The molecule has 2 rings (SSSR count). The van der Waals surface area contributed by atoms with Crippen LogP contribution in [0, 0.1) is 20.8 Å². The van der Waals surface area contributed by atoms with Crippen LogP contribution in [0.5, 0.6) is 0 Å². The monoisotopic (exact) mass is 286 g/mol. The zero-order valence-electron chi connectivity index (χ0n) is 13.1. The summed E-state index contributed by atoms with van der Waals surface area (Å²) in [6, 6.07) is 5.89. The van der Waals surface area contributed by atoms with E-state index < -0.39 is 0 Å². The molecule has 2 heterocycles. The summed E-state index contributed by atoms with van der Waals surface area (Å²) in [7, 11) is 1.70. The van der Waals surface area contributed by atoms with Gasteiger partial charge in [0, 0.05) is 42.8 Å². The summed E-state index contributed by atoms with van der Waals surface area (Å²) in [6.07, 6.45) is 0. The minimum Gasteiger partial charge on any atom is -0.383 e. The lowest BCUT2D eigenvalue weighted by Gasteiger charge is -2.11. The predicted molar refractivity (Wildman–Crippen MR) is 83.1 cm³/mol. The largest absolute Gasteiger partial charge is 0.383 e. The second-order valence-corrected chi connectivity index (χ2v) is 5.03. The Morgan fingerprint density at radius 1 is 1.05 bits per heavy atom. The molecule has 0 aromatic carbocycles. The van der Waals surface area contributed by atoms with E-state index in [0.717, 1.165) is 41.4 Å². The van der Waals surface area contributed by atoms with E-state index in [4.69, 9.17) is 4.74 Å². The summed E-state index contributed by atoms with van der Waals surface area (Å²) in [5.41, 5.74) is 4.91. The first-order valence-corrected chi connectivity index (χ1v) is 7.09. The van der Waals surface area contributed by atoms with E-state index in [-0.39, 0.29) is 0 Å². The lowest BCUT2D eigenvalue weighted by molar-refractivity contribution is 0.199. The molecule has 0 amide bonds. The molecule has 2 aromatic heterocycles. The molecule has 0 aliphatic rings. The Morgan fingerprint density at radius 3 is 2.38 bits per heavy atom. The molecule has 0 spiro atoms. The van der Waals surface area contributed by atoms with E-state index in [1.54, 1.807) is 7.11 Å². The van der Waals surface area contributed by atoms with Crippen LogP contribution in [0.4, 0.5) is 0 Å². The van der Waals surface area contributed by atoms with Crippen LogP contribution in [0.1, 0.15) is 22.6 Å². The molecule has 0 aliphatic heterocycles. The van der Waals surface area contributed by atoms with Crippen molar-refractivity contribution in [3.8, 4) is 11.5 Å². The molecular weight excluding hydrogens is 264 g/mol. The van der Waals surface area contributed by atoms with E-state index in [1.807, 2.05) is 39.0 Å². The summed E-state index contributed by atoms with van der Waals surface area (Å²) in [6.45, 7) is 8.27. The average Bonchev–Trinajstić information content (AvgIpc) is 2.45. The summed E-state index contributed by atoms with van der Waals surface area (Å²) in [5, 5.41) is 3.33. The number of nitrogens with one attached hydrogen (secondary N) is 1. The van der Waals surface area contributed by atoms with Crippen molar-refractivity contribution in [2.24, 2.45) is 0 Å². The van der Waals surface area contributed by atoms with Crippen LogP contribution < -0.4 is 5.32 Å². The summed E-state index contributed by atoms with van der Waals surface area (Å²) >= 11 is 0. The van der Waals surface area contributed by atoms with E-state index >= 15 is 0 Å². The van der Waals surface area contributed by atoms with Gasteiger partial charge in [0.1, 0.15) is 5.69 Å². The molecule has 21 heavy (non-hydrogen) atoms. The molecular formula is C16H22N4O. The predicted octanol–water partition coefficient (Wildman–Crippen LogP) is 2.20. The van der Waals surface area contributed by atoms with Crippen molar-refractivity contribution in [2.45, 2.75) is 27.3 Å². The third kappa shape index (κ3) is 4.06. The van der Waals surface area contributed by atoms with Crippen LogP contribution in [0.25, 0.3) is 11.5 Å². The van der Waals surface area contributed by atoms with Gasteiger partial charge in [0.25, 0.3) is 0 Å². The van der Waals surface area contributed by atoms with Gasteiger partial charge in [-0.15, -0.1) is 0 Å². The summed E-state index contributed by atoms with van der Waals surface area (Å²) in [4.78, 5) is 13.7. The molecule has 0 unspecified atom stereocenters. The molecule has 0 saturated carbocycles. The van der Waals surface area contributed by atoms with Crippen molar-refractivity contribution < 1.29 is 4.74 Å². The van der Waals surface area contributed by atoms with Gasteiger partial charge in [0.15, 0.2) is 5.82 Å². The first kappa shape index (κ1) is 15.5. The molecule has 0 radical (unpaired) electrons. The molecule has 0 bridgehead atoms. The van der Waals surface area contributed by atoms with Gasteiger partial charge in [-0.1, -0.05) is 6.07 Å². The van der Waals surface area contributed by atoms with E-state index in [2.05, 4.69) is 20.3 Å². The Bertz CT molecular complexity index is 590. The first-order chi connectivity index (χ1) is 10.1. The highest BCUT2D eigenvalue weighted by molar-refractivity contribution is 5.50. The highest BCUT2D eigenvalue weighted by Crippen LogP contribution is 2.17. The normalized spacial score (nSPS) is 10.9. The number of hydrogen-bond donors (Lipinski definition) is 1. The van der Waals surface area contributed by atoms with Gasteiger partial charge in [-0.3, -0.25) is 0 Å². The minimum atomic E-state index is 0.689. The van der Waals surface area contributed by atoms with Gasteiger partial charge in [-0.2, -0.15) is 0 Å². The van der Waals surface area contributed by atoms with E-state index in [1.165, 1.54) is 0 Å². The summed E-state index contributed by atoms with van der Waals surface area (Å²) in [5.74, 6) is 0.689. The molecule has 2 aromatic rings. The standard InChI is InChI=1S/C16H22N4O/c1-11-6-5-7-15(18-11)16-19-12(2)14(13(3)20-16)10-17-8-9-21-4/h5-7,17H,8-10H2,1-4H3. The number of hydrogen-bond acceptors (Lipinski definition) is 5. The number of rotatable bonds is 6. The second-order valence-electron chi connectivity index (χ2n) is 5.03. The Labute approximate surface area is 125 Å². The summed E-state index contributed by atoms with van der Waals surface area (Å²) < 4.78 is 5.03. The number of pyridine rings is 1. The molecule has 1 N–H and O–H groups in total. The molecule has 0 saturated heterocycles. The highest BCUT2D eigenvalue weighted by Gasteiger charge is 2.10. The van der Waals surface area contributed by atoms with Gasteiger partial charge < -0.3 is 10.1 Å². The maximum atomic E-state index is 5.03. The second kappa shape index (κ2) is 7.24. The van der Waals surface area contributed by atoms with Crippen molar-refractivity contribution in [3.63, 3.8) is 0 Å². The van der Waals surface area contributed by atoms with Crippen molar-refractivity contribution in [3.05, 3.63) is 40.8 Å². The maximum absolute atomic E-state index is 5.03. The Balaban J connectivity index is 2.20. The molecule has 0 aliphatic carbocycles. The fourth-order valence-corrected chi connectivity index (χ4v) is 2.17. The SMILES string of the molecule is COCCNCc1c(C)nc(-c2cccc(C)n2)nc1C. The minimum absolute atomic E-state index is 0.689. The van der Waals surface area contributed by atoms with Crippen LogP contribution in [0.2, 0.25) is 0 Å². The smallest absolute Gasteiger partial charge is 0.178 e. The number of methoxy groups -OCH3 is 1. The van der Waals surface area contributed by atoms with Crippen molar-refractivity contribution >= 4 is 0 Å². The molecule has 5 heteroatoms. The molecule has 0 fully saturated rings. The third-order valence-electron chi connectivity index (χ3n) is 3.32. The van der Waals surface area contributed by atoms with Gasteiger partial charge in [-0.25, -0.2) is 15.0 Å². The van der Waals surface area contributed by atoms with E-state index in [9.17, 15) is 0 Å². The van der Waals surface area contributed by atoms with Gasteiger partial charge in [-0.05, 0) is 32.9 Å². The Morgan fingerprint density at radius 2 is 1.76 bits per heavy atom. The van der Waals surface area contributed by atoms with Crippen LogP contribution in [-0.2, 0) is 11.3 Å². The topological polar surface area (TPSA) is 59.9 Å². The molecule has 5 nitrogen and oxygen atoms in total. The lowest BCUT2D eigenvalue weighted by atomic mass is 10.1.